The fraction of sp³-hybridized carbons (Fsp3) is 0.720. The summed E-state index contributed by atoms with van der Waals surface area (Å²) in [6.07, 6.45) is 10.6. The van der Waals surface area contributed by atoms with E-state index in [4.69, 9.17) is 18.9 Å². The van der Waals surface area contributed by atoms with Crippen molar-refractivity contribution < 1.29 is 23.7 Å². The Bertz CT molecular complexity index is 735. The number of rotatable bonds is 7. The number of fused-ring (bicyclic) bond motifs is 1. The zero-order chi connectivity index (χ0) is 21.8. The molecule has 172 valence electrons. The molecule has 0 amide bonds. The summed E-state index contributed by atoms with van der Waals surface area (Å²) in [7, 11) is 4.65. The summed E-state index contributed by atoms with van der Waals surface area (Å²) in [5.41, 5.74) is 0.425. The molecule has 3 aliphatic rings. The second-order valence-electron chi connectivity index (χ2n) is 9.37. The summed E-state index contributed by atoms with van der Waals surface area (Å²) < 4.78 is 21.9. The number of piperidine rings is 1. The van der Waals surface area contributed by atoms with Crippen molar-refractivity contribution in [2.75, 3.05) is 41.0 Å². The Kier molecular flexibility index (Phi) is 7.26. The lowest BCUT2D eigenvalue weighted by molar-refractivity contribution is 0.0270. The number of hydrogen-bond donors (Lipinski definition) is 0. The molecule has 0 aromatic heterocycles. The maximum absolute atomic E-state index is 12.8. The van der Waals surface area contributed by atoms with Gasteiger partial charge in [0.25, 0.3) is 0 Å². The molecule has 2 heterocycles. The van der Waals surface area contributed by atoms with Crippen molar-refractivity contribution >= 4 is 5.97 Å². The average Bonchev–Trinajstić information content (AvgIpc) is 3.27. The van der Waals surface area contributed by atoms with Gasteiger partial charge < -0.3 is 18.9 Å². The van der Waals surface area contributed by atoms with Gasteiger partial charge >= 0.3 is 5.97 Å². The van der Waals surface area contributed by atoms with Gasteiger partial charge in [-0.1, -0.05) is 32.1 Å². The predicted molar refractivity (Wildman–Crippen MR) is 119 cm³/mol. The zero-order valence-electron chi connectivity index (χ0n) is 19.2. The van der Waals surface area contributed by atoms with Crippen molar-refractivity contribution in [3.05, 3.63) is 17.7 Å². The normalized spacial score (nSPS) is 26.9. The first-order valence-corrected chi connectivity index (χ1v) is 11.9. The summed E-state index contributed by atoms with van der Waals surface area (Å²) in [5.74, 6) is 3.22. The third-order valence-corrected chi connectivity index (χ3v) is 7.69. The summed E-state index contributed by atoms with van der Waals surface area (Å²) >= 11 is 0. The molecular formula is C25H37NO5. The smallest absolute Gasteiger partial charge is 0.338 e. The maximum atomic E-state index is 12.8. The molecule has 2 aliphatic heterocycles. The van der Waals surface area contributed by atoms with E-state index in [-0.39, 0.29) is 5.97 Å². The lowest BCUT2D eigenvalue weighted by Crippen LogP contribution is -2.42. The second kappa shape index (κ2) is 10.1. The van der Waals surface area contributed by atoms with Crippen molar-refractivity contribution in [3.63, 3.8) is 0 Å². The van der Waals surface area contributed by atoms with Gasteiger partial charge in [-0.05, 0) is 49.8 Å². The van der Waals surface area contributed by atoms with E-state index in [1.807, 2.05) is 0 Å². The summed E-state index contributed by atoms with van der Waals surface area (Å²) in [6.45, 7) is 2.92. The molecule has 1 aliphatic carbocycles. The van der Waals surface area contributed by atoms with Crippen LogP contribution >= 0.6 is 0 Å². The van der Waals surface area contributed by atoms with Crippen LogP contribution in [0, 0.1) is 17.8 Å². The fourth-order valence-corrected chi connectivity index (χ4v) is 6.07. The molecule has 31 heavy (non-hydrogen) atoms. The van der Waals surface area contributed by atoms with Crippen LogP contribution < -0.4 is 14.2 Å². The second-order valence-corrected chi connectivity index (χ2v) is 9.37. The van der Waals surface area contributed by atoms with E-state index in [9.17, 15) is 4.79 Å². The molecule has 4 rings (SSSR count). The number of benzene rings is 1. The number of carbonyl (C=O) groups is 1. The van der Waals surface area contributed by atoms with Gasteiger partial charge in [0.1, 0.15) is 0 Å². The number of nitrogens with zero attached hydrogens (tertiary/aromatic N) is 1. The molecule has 0 unspecified atom stereocenters. The first-order valence-electron chi connectivity index (χ1n) is 11.9. The minimum atomic E-state index is -0.335. The highest BCUT2D eigenvalue weighted by atomic mass is 16.5. The van der Waals surface area contributed by atoms with Crippen LogP contribution in [0.5, 0.6) is 17.2 Å². The van der Waals surface area contributed by atoms with E-state index < -0.39 is 0 Å². The minimum Gasteiger partial charge on any atom is -0.493 e. The Balaban J connectivity index is 1.39. The van der Waals surface area contributed by atoms with Gasteiger partial charge in [0.05, 0.1) is 33.5 Å². The monoisotopic (exact) mass is 431 g/mol. The largest absolute Gasteiger partial charge is 0.493 e. The molecule has 0 spiro atoms. The number of ether oxygens (including phenoxy) is 4. The molecule has 1 aromatic carbocycles. The highest BCUT2D eigenvalue weighted by molar-refractivity contribution is 5.91. The Morgan fingerprint density at radius 3 is 2.29 bits per heavy atom. The van der Waals surface area contributed by atoms with Crippen LogP contribution in [0.25, 0.3) is 0 Å². The van der Waals surface area contributed by atoms with Crippen molar-refractivity contribution in [2.24, 2.45) is 17.8 Å². The van der Waals surface area contributed by atoms with E-state index in [1.54, 1.807) is 33.5 Å². The van der Waals surface area contributed by atoms with Gasteiger partial charge in [0.2, 0.25) is 5.75 Å². The Labute approximate surface area is 186 Å². The van der Waals surface area contributed by atoms with E-state index in [0.717, 1.165) is 18.3 Å². The summed E-state index contributed by atoms with van der Waals surface area (Å²) in [6, 6.07) is 3.88. The third-order valence-electron chi connectivity index (χ3n) is 7.69. The van der Waals surface area contributed by atoms with Gasteiger partial charge in [0, 0.05) is 18.5 Å². The molecule has 3 atom stereocenters. The zero-order valence-corrected chi connectivity index (χ0v) is 19.2. The Hall–Kier alpha value is -1.95. The number of hydrogen-bond acceptors (Lipinski definition) is 6. The lowest BCUT2D eigenvalue weighted by Gasteiger charge is -2.36. The number of esters is 1. The van der Waals surface area contributed by atoms with Crippen molar-refractivity contribution in [1.29, 1.82) is 0 Å². The Morgan fingerprint density at radius 1 is 0.935 bits per heavy atom. The number of carbonyl (C=O) groups excluding carboxylic acids is 1. The van der Waals surface area contributed by atoms with Crippen LogP contribution in [0.1, 0.15) is 61.7 Å². The van der Waals surface area contributed by atoms with Gasteiger partial charge in [-0.15, -0.1) is 0 Å². The highest BCUT2D eigenvalue weighted by Crippen LogP contribution is 2.42. The van der Waals surface area contributed by atoms with Gasteiger partial charge in [-0.3, -0.25) is 4.90 Å². The van der Waals surface area contributed by atoms with Gasteiger partial charge in [-0.2, -0.15) is 0 Å². The SMILES string of the molecule is COc1cc(C(=O)OC[C@@H]2CCCN3C[C@H](C4CCCCC4)C[C@@H]23)cc(OC)c1OC. The van der Waals surface area contributed by atoms with Crippen LogP contribution in [0.15, 0.2) is 12.1 Å². The van der Waals surface area contributed by atoms with Crippen LogP contribution in [-0.2, 0) is 4.74 Å². The van der Waals surface area contributed by atoms with Crippen molar-refractivity contribution in [1.82, 2.24) is 4.90 Å². The molecule has 1 saturated carbocycles. The van der Waals surface area contributed by atoms with Crippen molar-refractivity contribution in [2.45, 2.75) is 57.4 Å². The van der Waals surface area contributed by atoms with Gasteiger partial charge in [-0.25, -0.2) is 4.79 Å². The van der Waals surface area contributed by atoms with E-state index in [0.29, 0.717) is 41.4 Å². The highest BCUT2D eigenvalue weighted by Gasteiger charge is 2.42. The third kappa shape index (κ3) is 4.79. The minimum absolute atomic E-state index is 0.335. The quantitative estimate of drug-likeness (QED) is 0.591. The van der Waals surface area contributed by atoms with Crippen LogP contribution in [0.4, 0.5) is 0 Å². The molecule has 6 heteroatoms. The molecular weight excluding hydrogens is 394 g/mol. The predicted octanol–water partition coefficient (Wildman–Crippen LogP) is 4.55. The van der Waals surface area contributed by atoms with Crippen LogP contribution in [0.2, 0.25) is 0 Å². The molecule has 3 fully saturated rings. The molecule has 2 saturated heterocycles. The van der Waals surface area contributed by atoms with E-state index in [2.05, 4.69) is 4.90 Å². The molecule has 0 N–H and O–H groups in total. The van der Waals surface area contributed by atoms with E-state index in [1.165, 1.54) is 58.0 Å². The first kappa shape index (κ1) is 22.3. The topological polar surface area (TPSA) is 57.2 Å². The summed E-state index contributed by atoms with van der Waals surface area (Å²) in [5, 5.41) is 0. The van der Waals surface area contributed by atoms with Gasteiger partial charge in [0.15, 0.2) is 11.5 Å². The molecule has 6 nitrogen and oxygen atoms in total. The Morgan fingerprint density at radius 2 is 1.65 bits per heavy atom. The lowest BCUT2D eigenvalue weighted by atomic mass is 9.78. The standard InChI is InChI=1S/C25H37NO5/c1-28-22-13-19(14-23(29-2)24(22)30-3)25(27)31-16-18-10-7-11-26-15-20(12-21(18)26)17-8-5-4-6-9-17/h13-14,17-18,20-21H,4-12,15-16H2,1-3H3/t18-,20+,21-/m0/s1. The molecule has 0 bridgehead atoms. The van der Waals surface area contributed by atoms with Crippen LogP contribution in [-0.4, -0.2) is 57.9 Å². The average molecular weight is 432 g/mol. The summed E-state index contributed by atoms with van der Waals surface area (Å²) in [4.78, 5) is 15.5. The first-order chi connectivity index (χ1) is 15.1. The maximum Gasteiger partial charge on any atom is 0.338 e. The molecule has 1 aromatic rings. The number of methoxy groups -OCH3 is 3. The van der Waals surface area contributed by atoms with Crippen LogP contribution in [0.3, 0.4) is 0 Å². The fourth-order valence-electron chi connectivity index (χ4n) is 6.07. The van der Waals surface area contributed by atoms with Crippen molar-refractivity contribution in [3.8, 4) is 17.2 Å². The van der Waals surface area contributed by atoms with E-state index >= 15 is 0 Å². The molecule has 0 radical (unpaired) electrons.